The predicted molar refractivity (Wildman–Crippen MR) is 143 cm³/mol. The van der Waals surface area contributed by atoms with E-state index >= 15 is 0 Å². The molecule has 0 bridgehead atoms. The summed E-state index contributed by atoms with van der Waals surface area (Å²) in [7, 11) is 0. The Morgan fingerprint density at radius 2 is 1.56 bits per heavy atom. The summed E-state index contributed by atoms with van der Waals surface area (Å²) in [6, 6.07) is 24.8. The predicted octanol–water partition coefficient (Wildman–Crippen LogP) is 4.91. The van der Waals surface area contributed by atoms with Gasteiger partial charge >= 0.3 is 0 Å². The molecule has 0 unspecified atom stereocenters. The molecule has 0 aromatic heterocycles. The number of benzene rings is 3. The van der Waals surface area contributed by atoms with Gasteiger partial charge in [-0.05, 0) is 59.7 Å². The van der Waals surface area contributed by atoms with Crippen LogP contribution >= 0.6 is 11.6 Å². The average molecular weight is 506 g/mol. The van der Waals surface area contributed by atoms with Gasteiger partial charge in [0, 0.05) is 50.8 Å². The van der Waals surface area contributed by atoms with Gasteiger partial charge in [0.2, 0.25) is 5.91 Å². The summed E-state index contributed by atoms with van der Waals surface area (Å²) in [6.07, 6.45) is 1.53. The van der Waals surface area contributed by atoms with Crippen LogP contribution in [-0.2, 0) is 23.2 Å². The van der Waals surface area contributed by atoms with E-state index in [0.717, 1.165) is 56.8 Å². The van der Waals surface area contributed by atoms with Gasteiger partial charge in [0.05, 0.1) is 5.41 Å². The number of piperazine rings is 1. The highest BCUT2D eigenvalue weighted by Gasteiger charge is 2.61. The molecule has 1 aliphatic heterocycles. The number of nitrogens with zero attached hydrogens (tertiary/aromatic N) is 2. The van der Waals surface area contributed by atoms with E-state index in [-0.39, 0.29) is 17.6 Å². The maximum absolute atomic E-state index is 13.5. The van der Waals surface area contributed by atoms with Crippen molar-refractivity contribution < 1.29 is 9.18 Å². The van der Waals surface area contributed by atoms with Crippen molar-refractivity contribution in [2.45, 2.75) is 24.8 Å². The molecule has 2 fully saturated rings. The quantitative estimate of drug-likeness (QED) is 0.448. The lowest BCUT2D eigenvalue weighted by Gasteiger charge is -2.35. The van der Waals surface area contributed by atoms with Crippen LogP contribution in [-0.4, -0.2) is 55.0 Å². The number of halogens is 2. The maximum atomic E-state index is 13.5. The Hall–Kier alpha value is -2.73. The molecule has 4 nitrogen and oxygen atoms in total. The Balaban J connectivity index is 1.18. The first kappa shape index (κ1) is 24.9. The van der Waals surface area contributed by atoms with Crippen molar-refractivity contribution in [3.63, 3.8) is 0 Å². The molecule has 0 radical (unpaired) electrons. The van der Waals surface area contributed by atoms with Crippen LogP contribution in [0.2, 0.25) is 5.02 Å². The fourth-order valence-corrected chi connectivity index (χ4v) is 5.60. The molecule has 5 rings (SSSR count). The van der Waals surface area contributed by atoms with E-state index < -0.39 is 5.41 Å². The minimum Gasteiger partial charge on any atom is -0.355 e. The van der Waals surface area contributed by atoms with Gasteiger partial charge in [-0.3, -0.25) is 9.69 Å². The van der Waals surface area contributed by atoms with Crippen molar-refractivity contribution in [1.82, 2.24) is 15.1 Å². The summed E-state index contributed by atoms with van der Waals surface area (Å²) < 4.78 is 13.2. The van der Waals surface area contributed by atoms with Crippen LogP contribution in [0.3, 0.4) is 0 Å². The van der Waals surface area contributed by atoms with Crippen molar-refractivity contribution in [3.8, 4) is 0 Å². The lowest BCUT2D eigenvalue weighted by molar-refractivity contribution is -0.124. The number of carbonyl (C=O) groups excluding carboxylic acids is 1. The smallest absolute Gasteiger partial charge is 0.231 e. The first-order valence-electron chi connectivity index (χ1n) is 12.8. The largest absolute Gasteiger partial charge is 0.355 e. The highest BCUT2D eigenvalue weighted by Crippen LogP contribution is 2.55. The lowest BCUT2D eigenvalue weighted by Crippen LogP contribution is -2.47. The van der Waals surface area contributed by atoms with Crippen molar-refractivity contribution in [2.24, 2.45) is 5.92 Å². The molecule has 36 heavy (non-hydrogen) atoms. The molecule has 1 heterocycles. The average Bonchev–Trinajstić information content (AvgIpc) is 3.62. The van der Waals surface area contributed by atoms with Gasteiger partial charge in [0.1, 0.15) is 5.82 Å². The third-order valence-electron chi connectivity index (χ3n) is 7.67. The van der Waals surface area contributed by atoms with Crippen LogP contribution in [0.5, 0.6) is 0 Å². The van der Waals surface area contributed by atoms with Crippen molar-refractivity contribution in [3.05, 3.63) is 106 Å². The molecule has 3 aromatic carbocycles. The van der Waals surface area contributed by atoms with Gasteiger partial charge in [-0.1, -0.05) is 66.2 Å². The van der Waals surface area contributed by atoms with Gasteiger partial charge in [0.25, 0.3) is 0 Å². The zero-order valence-corrected chi connectivity index (χ0v) is 21.3. The highest BCUT2D eigenvalue weighted by molar-refractivity contribution is 6.30. The Labute approximate surface area is 218 Å². The van der Waals surface area contributed by atoms with E-state index in [4.69, 9.17) is 11.6 Å². The van der Waals surface area contributed by atoms with Gasteiger partial charge in [-0.25, -0.2) is 4.39 Å². The minimum atomic E-state index is -0.505. The number of hydrogen-bond acceptors (Lipinski definition) is 3. The topological polar surface area (TPSA) is 35.6 Å². The second-order valence-corrected chi connectivity index (χ2v) is 10.5. The summed E-state index contributed by atoms with van der Waals surface area (Å²) in [5.74, 6) is 0.121. The fraction of sp³-hybridized carbons (Fsp3) is 0.367. The van der Waals surface area contributed by atoms with Crippen LogP contribution in [0.1, 0.15) is 23.1 Å². The third-order valence-corrected chi connectivity index (χ3v) is 7.93. The second-order valence-electron chi connectivity index (χ2n) is 10.1. The van der Waals surface area contributed by atoms with Crippen LogP contribution in [0.15, 0.2) is 78.9 Å². The normalized spacial score (nSPS) is 22.3. The lowest BCUT2D eigenvalue weighted by atomic mass is 9.91. The summed E-state index contributed by atoms with van der Waals surface area (Å²) >= 11 is 6.15. The van der Waals surface area contributed by atoms with Crippen LogP contribution in [0, 0.1) is 11.7 Å². The van der Waals surface area contributed by atoms with Crippen LogP contribution in [0.25, 0.3) is 0 Å². The van der Waals surface area contributed by atoms with Crippen molar-refractivity contribution in [1.29, 1.82) is 0 Å². The van der Waals surface area contributed by atoms with E-state index in [1.54, 1.807) is 12.1 Å². The molecule has 6 heteroatoms. The van der Waals surface area contributed by atoms with Gasteiger partial charge in [-0.15, -0.1) is 0 Å². The maximum Gasteiger partial charge on any atom is 0.231 e. The van der Waals surface area contributed by atoms with E-state index in [2.05, 4.69) is 45.4 Å². The van der Waals surface area contributed by atoms with Crippen LogP contribution in [0.4, 0.5) is 4.39 Å². The van der Waals surface area contributed by atoms with Crippen LogP contribution < -0.4 is 5.32 Å². The van der Waals surface area contributed by atoms with E-state index in [1.165, 1.54) is 17.7 Å². The van der Waals surface area contributed by atoms with Gasteiger partial charge in [-0.2, -0.15) is 0 Å². The molecule has 2 atom stereocenters. The zero-order valence-electron chi connectivity index (χ0n) is 20.5. The standard InChI is InChI=1S/C30H33ClFN3O/c31-27-10-8-25(9-11-27)30(29(36)33-15-14-23-6-12-28(32)13-7-23)20-26(30)22-35-18-16-34(17-19-35)21-24-4-2-1-3-5-24/h1-13,26H,14-22H2,(H,33,36)/t26-,30+/m0/s1. The molecular formula is C30H33ClFN3O. The molecule has 2 aliphatic rings. The Morgan fingerprint density at radius 3 is 2.25 bits per heavy atom. The molecule has 1 saturated heterocycles. The number of nitrogens with one attached hydrogen (secondary N) is 1. The Bertz CT molecular complexity index is 1150. The summed E-state index contributed by atoms with van der Waals surface area (Å²) in [6.45, 7) is 6.57. The second kappa shape index (κ2) is 11.1. The SMILES string of the molecule is O=C(NCCc1ccc(F)cc1)[C@@]1(c2ccc(Cl)cc2)C[C@H]1CN1CCN(Cc2ccccc2)CC1. The number of hydrogen-bond donors (Lipinski definition) is 1. The monoisotopic (exact) mass is 505 g/mol. The first-order chi connectivity index (χ1) is 17.5. The van der Waals surface area contributed by atoms with E-state index in [9.17, 15) is 9.18 Å². The molecule has 1 N–H and O–H groups in total. The molecule has 1 saturated carbocycles. The number of carbonyl (C=O) groups is 1. The Kier molecular flexibility index (Phi) is 7.70. The molecule has 188 valence electrons. The van der Waals surface area contributed by atoms with E-state index in [1.807, 2.05) is 24.3 Å². The molecule has 1 aliphatic carbocycles. The summed E-state index contributed by atoms with van der Waals surface area (Å²) in [5, 5.41) is 3.85. The zero-order chi connectivity index (χ0) is 25.0. The van der Waals surface area contributed by atoms with Gasteiger partial charge < -0.3 is 10.2 Å². The molecule has 3 aromatic rings. The molecule has 1 amide bonds. The summed E-state index contributed by atoms with van der Waals surface area (Å²) in [5.41, 5.74) is 2.90. The van der Waals surface area contributed by atoms with Crippen molar-refractivity contribution in [2.75, 3.05) is 39.3 Å². The Morgan fingerprint density at radius 1 is 0.889 bits per heavy atom. The van der Waals surface area contributed by atoms with E-state index in [0.29, 0.717) is 18.0 Å². The minimum absolute atomic E-state index is 0.0830. The number of rotatable bonds is 9. The molecule has 0 spiro atoms. The summed E-state index contributed by atoms with van der Waals surface area (Å²) in [4.78, 5) is 18.6. The third kappa shape index (κ3) is 5.80. The highest BCUT2D eigenvalue weighted by atomic mass is 35.5. The van der Waals surface area contributed by atoms with Gasteiger partial charge in [0.15, 0.2) is 0 Å². The fourth-order valence-electron chi connectivity index (χ4n) is 5.47. The molecular weight excluding hydrogens is 473 g/mol. The first-order valence-corrected chi connectivity index (χ1v) is 13.2. The number of amides is 1. The van der Waals surface area contributed by atoms with Crippen molar-refractivity contribution >= 4 is 17.5 Å².